The number of aromatic nitrogens is 1. The topological polar surface area (TPSA) is 79.3 Å². The summed E-state index contributed by atoms with van der Waals surface area (Å²) in [5.74, 6) is -1.57. The Kier molecular flexibility index (Phi) is 4.06. The van der Waals surface area contributed by atoms with Crippen molar-refractivity contribution in [3.63, 3.8) is 0 Å². The fourth-order valence-electron chi connectivity index (χ4n) is 1.74. The van der Waals surface area contributed by atoms with Crippen LogP contribution in [0.3, 0.4) is 0 Å². The van der Waals surface area contributed by atoms with Gasteiger partial charge in [-0.2, -0.15) is 0 Å². The van der Waals surface area contributed by atoms with Crippen LogP contribution in [0.5, 0.6) is 0 Å². The lowest BCUT2D eigenvalue weighted by Crippen LogP contribution is -2.15. The standard InChI is InChI=1S/C13H11ClN2O3S/c1-6-11(20-7(2)15-6)12(17)16-10-8(13(18)19)4-3-5-9(10)14/h3-5H,1-2H3,(H,16,17)(H,18,19). The molecule has 2 aromatic rings. The Morgan fingerprint density at radius 3 is 2.60 bits per heavy atom. The summed E-state index contributed by atoms with van der Waals surface area (Å²) in [7, 11) is 0. The number of aromatic carboxylic acids is 1. The first-order chi connectivity index (χ1) is 9.40. The molecule has 0 aliphatic carbocycles. The lowest BCUT2D eigenvalue weighted by Gasteiger charge is -2.09. The van der Waals surface area contributed by atoms with Crippen LogP contribution in [0.15, 0.2) is 18.2 Å². The summed E-state index contributed by atoms with van der Waals surface area (Å²) < 4.78 is 0. The Labute approximate surface area is 124 Å². The number of amides is 1. The van der Waals surface area contributed by atoms with Crippen molar-refractivity contribution in [1.82, 2.24) is 4.98 Å². The summed E-state index contributed by atoms with van der Waals surface area (Å²) in [6, 6.07) is 4.42. The SMILES string of the molecule is Cc1nc(C)c(C(=O)Nc2c(Cl)cccc2C(=O)O)s1. The number of nitrogens with one attached hydrogen (secondary N) is 1. The zero-order valence-corrected chi connectivity index (χ0v) is 12.3. The van der Waals surface area contributed by atoms with Crippen LogP contribution in [0, 0.1) is 13.8 Å². The molecule has 0 radical (unpaired) electrons. The van der Waals surface area contributed by atoms with Gasteiger partial charge in [-0.1, -0.05) is 17.7 Å². The van der Waals surface area contributed by atoms with E-state index in [9.17, 15) is 9.59 Å². The van der Waals surface area contributed by atoms with Gasteiger partial charge in [0.25, 0.3) is 5.91 Å². The zero-order chi connectivity index (χ0) is 14.9. The molecule has 2 rings (SSSR count). The number of anilines is 1. The second-order valence-corrected chi connectivity index (χ2v) is 5.68. The maximum Gasteiger partial charge on any atom is 0.337 e. The predicted molar refractivity (Wildman–Crippen MR) is 78.0 cm³/mol. The maximum absolute atomic E-state index is 12.2. The van der Waals surface area contributed by atoms with E-state index in [1.54, 1.807) is 13.8 Å². The third-order valence-corrected chi connectivity index (χ3v) is 3.98. The molecule has 5 nitrogen and oxygen atoms in total. The summed E-state index contributed by atoms with van der Waals surface area (Å²) in [6.07, 6.45) is 0. The largest absolute Gasteiger partial charge is 0.478 e. The fraction of sp³-hybridized carbons (Fsp3) is 0.154. The van der Waals surface area contributed by atoms with Crippen molar-refractivity contribution >= 4 is 40.5 Å². The normalized spacial score (nSPS) is 10.3. The number of benzene rings is 1. The van der Waals surface area contributed by atoms with Gasteiger partial charge < -0.3 is 10.4 Å². The summed E-state index contributed by atoms with van der Waals surface area (Å²) in [5, 5.41) is 12.6. The number of carbonyl (C=O) groups excluding carboxylic acids is 1. The molecule has 0 unspecified atom stereocenters. The van der Waals surface area contributed by atoms with Crippen LogP contribution in [0.1, 0.15) is 30.7 Å². The van der Waals surface area contributed by atoms with Crippen molar-refractivity contribution in [1.29, 1.82) is 0 Å². The van der Waals surface area contributed by atoms with Crippen molar-refractivity contribution in [3.8, 4) is 0 Å². The number of carboxylic acid groups (broad SMARTS) is 1. The molecule has 1 aromatic carbocycles. The van der Waals surface area contributed by atoms with Gasteiger partial charge in [0, 0.05) is 0 Å². The number of thiazole rings is 1. The number of hydrogen-bond donors (Lipinski definition) is 2. The molecule has 0 fully saturated rings. The average molecular weight is 311 g/mol. The monoisotopic (exact) mass is 310 g/mol. The Balaban J connectivity index is 2.37. The Morgan fingerprint density at radius 2 is 2.05 bits per heavy atom. The van der Waals surface area contributed by atoms with Crippen LogP contribution in [0.4, 0.5) is 5.69 Å². The van der Waals surface area contributed by atoms with Gasteiger partial charge in [0.05, 0.1) is 27.0 Å². The molecule has 1 aromatic heterocycles. The third-order valence-electron chi connectivity index (χ3n) is 2.59. The lowest BCUT2D eigenvalue weighted by atomic mass is 10.1. The van der Waals surface area contributed by atoms with Crippen molar-refractivity contribution in [2.75, 3.05) is 5.32 Å². The molecule has 0 atom stereocenters. The van der Waals surface area contributed by atoms with E-state index in [1.807, 2.05) is 0 Å². The molecule has 1 heterocycles. The van der Waals surface area contributed by atoms with Gasteiger partial charge in [-0.3, -0.25) is 4.79 Å². The van der Waals surface area contributed by atoms with Gasteiger partial charge in [0.1, 0.15) is 4.88 Å². The van der Waals surface area contributed by atoms with E-state index in [4.69, 9.17) is 16.7 Å². The van der Waals surface area contributed by atoms with Gasteiger partial charge in [-0.25, -0.2) is 9.78 Å². The van der Waals surface area contributed by atoms with Crippen molar-refractivity contribution in [3.05, 3.63) is 44.4 Å². The molecular formula is C13H11ClN2O3S. The minimum atomic E-state index is -1.15. The minimum Gasteiger partial charge on any atom is -0.478 e. The molecule has 20 heavy (non-hydrogen) atoms. The van der Waals surface area contributed by atoms with E-state index in [1.165, 1.54) is 29.5 Å². The van der Waals surface area contributed by atoms with Crippen molar-refractivity contribution in [2.45, 2.75) is 13.8 Å². The van der Waals surface area contributed by atoms with Crippen LogP contribution < -0.4 is 5.32 Å². The third kappa shape index (κ3) is 2.81. The number of hydrogen-bond acceptors (Lipinski definition) is 4. The smallest absolute Gasteiger partial charge is 0.337 e. The Hall–Kier alpha value is -1.92. The van der Waals surface area contributed by atoms with Gasteiger partial charge >= 0.3 is 5.97 Å². The number of carbonyl (C=O) groups is 2. The first kappa shape index (κ1) is 14.5. The van der Waals surface area contributed by atoms with Gasteiger partial charge in [-0.15, -0.1) is 11.3 Å². The van der Waals surface area contributed by atoms with E-state index in [-0.39, 0.29) is 16.3 Å². The van der Waals surface area contributed by atoms with E-state index in [0.717, 1.165) is 5.01 Å². The molecule has 0 bridgehead atoms. The minimum absolute atomic E-state index is 0.0512. The maximum atomic E-state index is 12.2. The average Bonchev–Trinajstić information content (AvgIpc) is 2.70. The van der Waals surface area contributed by atoms with Crippen molar-refractivity contribution in [2.24, 2.45) is 0 Å². The quantitative estimate of drug-likeness (QED) is 0.911. The van der Waals surface area contributed by atoms with Gasteiger partial charge in [0.15, 0.2) is 0 Å². The number of carboxylic acids is 1. The van der Waals surface area contributed by atoms with Gasteiger partial charge in [0.2, 0.25) is 0 Å². The molecule has 0 aliphatic heterocycles. The number of rotatable bonds is 3. The molecule has 0 aliphatic rings. The summed E-state index contributed by atoms with van der Waals surface area (Å²) >= 11 is 7.21. The predicted octanol–water partition coefficient (Wildman–Crippen LogP) is 3.36. The summed E-state index contributed by atoms with van der Waals surface area (Å²) in [5.41, 5.74) is 0.649. The van der Waals surface area contributed by atoms with Crippen LogP contribution in [-0.4, -0.2) is 22.0 Å². The fourth-order valence-corrected chi connectivity index (χ4v) is 2.78. The summed E-state index contributed by atoms with van der Waals surface area (Å²) in [4.78, 5) is 27.9. The highest BCUT2D eigenvalue weighted by Gasteiger charge is 2.19. The first-order valence-electron chi connectivity index (χ1n) is 5.67. The van der Waals surface area contributed by atoms with E-state index in [2.05, 4.69) is 10.3 Å². The number of halogens is 1. The van der Waals surface area contributed by atoms with Crippen LogP contribution in [-0.2, 0) is 0 Å². The lowest BCUT2D eigenvalue weighted by molar-refractivity contribution is 0.0698. The molecule has 0 saturated heterocycles. The number of nitrogens with zero attached hydrogens (tertiary/aromatic N) is 1. The first-order valence-corrected chi connectivity index (χ1v) is 6.86. The van der Waals surface area contributed by atoms with Crippen LogP contribution >= 0.6 is 22.9 Å². The van der Waals surface area contributed by atoms with E-state index in [0.29, 0.717) is 10.6 Å². The highest BCUT2D eigenvalue weighted by atomic mass is 35.5. The number of aryl methyl sites for hydroxylation is 2. The molecule has 0 spiro atoms. The second kappa shape index (κ2) is 5.60. The molecule has 104 valence electrons. The van der Waals surface area contributed by atoms with E-state index >= 15 is 0 Å². The molecule has 0 saturated carbocycles. The van der Waals surface area contributed by atoms with Crippen LogP contribution in [0.2, 0.25) is 5.02 Å². The highest BCUT2D eigenvalue weighted by molar-refractivity contribution is 7.13. The number of para-hydroxylation sites is 1. The molecule has 1 amide bonds. The highest BCUT2D eigenvalue weighted by Crippen LogP contribution is 2.27. The van der Waals surface area contributed by atoms with Crippen LogP contribution in [0.25, 0.3) is 0 Å². The molecule has 2 N–H and O–H groups in total. The Bertz CT molecular complexity index is 697. The van der Waals surface area contributed by atoms with E-state index < -0.39 is 11.9 Å². The summed E-state index contributed by atoms with van der Waals surface area (Å²) in [6.45, 7) is 3.52. The van der Waals surface area contributed by atoms with Crippen molar-refractivity contribution < 1.29 is 14.7 Å². The van der Waals surface area contributed by atoms with Gasteiger partial charge in [-0.05, 0) is 26.0 Å². The zero-order valence-electron chi connectivity index (χ0n) is 10.7. The molecule has 7 heteroatoms. The Morgan fingerprint density at radius 1 is 1.35 bits per heavy atom. The molecular weight excluding hydrogens is 300 g/mol. The second-order valence-electron chi connectivity index (χ2n) is 4.07.